The zero-order valence-electron chi connectivity index (χ0n) is 51.6. The Morgan fingerprint density at radius 2 is 0.621 bits per heavy atom. The van der Waals surface area contributed by atoms with E-state index in [1.807, 2.05) is 22.7 Å². The zero-order valence-corrected chi connectivity index (χ0v) is 53.2. The fourth-order valence-corrected chi connectivity index (χ4v) is 17.4. The first kappa shape index (κ1) is 54.8. The van der Waals surface area contributed by atoms with Crippen LogP contribution in [-0.2, 0) is 0 Å². The summed E-state index contributed by atoms with van der Waals surface area (Å²) in [4.78, 5) is 4.94. The Balaban J connectivity index is 0.686. The Hall–Kier alpha value is -11.9. The quantitative estimate of drug-likeness (QED) is 0.128. The summed E-state index contributed by atoms with van der Waals surface area (Å²) >= 11 is 3.77. The fourth-order valence-electron chi connectivity index (χ4n) is 15.0. The van der Waals surface area contributed by atoms with E-state index in [9.17, 15) is 0 Å². The van der Waals surface area contributed by atoms with Crippen molar-refractivity contribution in [3.05, 3.63) is 346 Å². The molecule has 0 fully saturated rings. The van der Waals surface area contributed by atoms with E-state index < -0.39 is 0 Å². The number of fused-ring (bicyclic) bond motifs is 12. The van der Waals surface area contributed by atoms with Gasteiger partial charge in [0.1, 0.15) is 0 Å². The van der Waals surface area contributed by atoms with Gasteiger partial charge in [-0.15, -0.1) is 22.7 Å². The summed E-state index contributed by atoms with van der Waals surface area (Å²) in [6, 6.07) is 128. The normalized spacial score (nSPS) is 11.8. The number of thiophene rings is 2. The maximum Gasteiger partial charge on any atom is 0.0541 e. The summed E-state index contributed by atoms with van der Waals surface area (Å²) in [6.07, 6.45) is 0. The van der Waals surface area contributed by atoms with E-state index >= 15 is 0 Å². The lowest BCUT2D eigenvalue weighted by atomic mass is 9.97. The minimum atomic E-state index is 1.08. The monoisotopic (exact) mass is 1240 g/mol. The second-order valence-corrected chi connectivity index (χ2v) is 26.8. The van der Waals surface area contributed by atoms with Crippen LogP contribution in [0.15, 0.2) is 346 Å². The van der Waals surface area contributed by atoms with Crippen molar-refractivity contribution in [1.29, 1.82) is 0 Å². The number of para-hydroxylation sites is 5. The van der Waals surface area contributed by atoms with Gasteiger partial charge in [0.2, 0.25) is 0 Å². The van der Waals surface area contributed by atoms with E-state index in [1.165, 1.54) is 128 Å². The maximum atomic E-state index is 2.48. The number of anilines is 6. The largest absolute Gasteiger partial charge is 0.309 e. The SMILES string of the molecule is c1ccc(N(c2ccc(-c3ccccc3-n3c4ccccc4c4ccccc43)cc2)c2cccc3ccccc23)c(-c2ccc3c(c2)sc2c(-c4ccc5sc6cc(-c7ccccc7N(c7cccc8ccccc78)c7cccc8ccccc78)ccc6c5c4)cccc23)c1. The minimum Gasteiger partial charge on any atom is -0.309 e. The second-order valence-electron chi connectivity index (χ2n) is 24.7. The van der Waals surface area contributed by atoms with E-state index in [1.54, 1.807) is 0 Å². The molecule has 0 aliphatic rings. The lowest BCUT2D eigenvalue weighted by Gasteiger charge is -2.30. The molecular weight excluding hydrogens is 1190 g/mol. The van der Waals surface area contributed by atoms with Gasteiger partial charge in [-0.05, 0) is 129 Å². The molecule has 0 atom stereocenters. The molecule has 0 bridgehead atoms. The van der Waals surface area contributed by atoms with Crippen molar-refractivity contribution in [2.75, 3.05) is 9.80 Å². The second kappa shape index (κ2) is 22.5. The topological polar surface area (TPSA) is 11.4 Å². The van der Waals surface area contributed by atoms with Gasteiger partial charge in [-0.1, -0.05) is 261 Å². The summed E-state index contributed by atoms with van der Waals surface area (Å²) in [7, 11) is 0. The van der Waals surface area contributed by atoms with E-state index in [2.05, 4.69) is 360 Å². The summed E-state index contributed by atoms with van der Waals surface area (Å²) in [5.74, 6) is 0. The summed E-state index contributed by atoms with van der Waals surface area (Å²) in [5, 5.41) is 14.8. The van der Waals surface area contributed by atoms with Crippen LogP contribution in [0.4, 0.5) is 34.1 Å². The van der Waals surface area contributed by atoms with Crippen molar-refractivity contribution >= 4 is 151 Å². The summed E-state index contributed by atoms with van der Waals surface area (Å²) in [5.41, 5.74) is 19.8. The van der Waals surface area contributed by atoms with E-state index in [4.69, 9.17) is 0 Å². The van der Waals surface area contributed by atoms with Crippen molar-refractivity contribution in [3.63, 3.8) is 0 Å². The number of aromatic nitrogens is 1. The molecule has 0 saturated heterocycles. The van der Waals surface area contributed by atoms with E-state index in [-0.39, 0.29) is 0 Å². The van der Waals surface area contributed by atoms with Crippen LogP contribution in [0.2, 0.25) is 0 Å². The van der Waals surface area contributed by atoms with Gasteiger partial charge in [-0.3, -0.25) is 0 Å². The predicted octanol–water partition coefficient (Wildman–Crippen LogP) is 26.6. The van der Waals surface area contributed by atoms with Crippen LogP contribution < -0.4 is 9.80 Å². The number of nitrogens with zero attached hydrogens (tertiary/aromatic N) is 3. The smallest absolute Gasteiger partial charge is 0.0541 e. The Labute approximate surface area is 557 Å². The third-order valence-electron chi connectivity index (χ3n) is 19.4. The Bertz CT molecular complexity index is 6120. The van der Waals surface area contributed by atoms with Crippen molar-refractivity contribution in [2.45, 2.75) is 0 Å². The van der Waals surface area contributed by atoms with E-state index in [0.29, 0.717) is 0 Å². The van der Waals surface area contributed by atoms with Gasteiger partial charge >= 0.3 is 0 Å². The minimum absolute atomic E-state index is 1.08. The Morgan fingerprint density at radius 3 is 1.22 bits per heavy atom. The lowest BCUT2D eigenvalue weighted by molar-refractivity contribution is 1.18. The highest BCUT2D eigenvalue weighted by atomic mass is 32.1. The number of benzene rings is 16. The molecule has 19 rings (SSSR count). The van der Waals surface area contributed by atoms with Gasteiger partial charge in [0, 0.05) is 89.7 Å². The predicted molar refractivity (Wildman–Crippen MR) is 410 cm³/mol. The molecule has 0 spiro atoms. The van der Waals surface area contributed by atoms with Gasteiger partial charge in [-0.2, -0.15) is 0 Å². The number of rotatable bonds is 11. The zero-order chi connectivity index (χ0) is 62.5. The molecule has 0 amide bonds. The Morgan fingerprint density at radius 1 is 0.221 bits per heavy atom. The molecule has 0 unspecified atom stereocenters. The molecule has 95 heavy (non-hydrogen) atoms. The average molecular weight is 1240 g/mol. The van der Waals surface area contributed by atoms with Gasteiger partial charge in [0.05, 0.1) is 45.2 Å². The molecule has 0 radical (unpaired) electrons. The van der Waals surface area contributed by atoms with E-state index in [0.717, 1.165) is 50.9 Å². The van der Waals surface area contributed by atoms with Gasteiger partial charge in [0.25, 0.3) is 0 Å². The van der Waals surface area contributed by atoms with Crippen molar-refractivity contribution < 1.29 is 0 Å². The fraction of sp³-hybridized carbons (Fsp3) is 0. The molecule has 3 nitrogen and oxygen atoms in total. The van der Waals surface area contributed by atoms with Gasteiger partial charge in [-0.25, -0.2) is 0 Å². The first-order valence-corrected chi connectivity index (χ1v) is 34.1. The highest BCUT2D eigenvalue weighted by Crippen LogP contribution is 2.50. The molecule has 0 saturated carbocycles. The lowest BCUT2D eigenvalue weighted by Crippen LogP contribution is -2.12. The van der Waals surface area contributed by atoms with Crippen LogP contribution >= 0.6 is 22.7 Å². The third kappa shape index (κ3) is 9.07. The molecule has 3 aromatic heterocycles. The van der Waals surface area contributed by atoms with Gasteiger partial charge < -0.3 is 14.4 Å². The maximum absolute atomic E-state index is 2.48. The molecule has 0 aliphatic heterocycles. The number of hydrogen-bond acceptors (Lipinski definition) is 4. The van der Waals surface area contributed by atoms with Crippen LogP contribution in [-0.4, -0.2) is 4.57 Å². The Kier molecular flexibility index (Phi) is 13.0. The van der Waals surface area contributed by atoms with Crippen LogP contribution in [0.1, 0.15) is 0 Å². The first-order valence-electron chi connectivity index (χ1n) is 32.5. The summed E-state index contributed by atoms with van der Waals surface area (Å²) in [6.45, 7) is 0. The molecule has 16 aromatic carbocycles. The van der Waals surface area contributed by atoms with Crippen molar-refractivity contribution in [2.24, 2.45) is 0 Å². The number of hydrogen-bond donors (Lipinski definition) is 0. The van der Waals surface area contributed by atoms with Gasteiger partial charge in [0.15, 0.2) is 0 Å². The molecule has 3 heterocycles. The molecule has 0 aliphatic carbocycles. The average Bonchev–Trinajstić information content (AvgIpc) is 1.69. The van der Waals surface area contributed by atoms with Crippen LogP contribution in [0, 0.1) is 0 Å². The standard InChI is InChI=1S/C90H57N3S2/c1-4-27-66-58(21-1)24-17-42-80(66)91(65-50-45-61(46-51-65)69-30-7-13-38-81(69)93-85-40-15-10-33-73(85)74-34-11-16-41-86(74)93)79-37-12-8-31-70(79)64-47-52-75-77-36-20-35-72(90(77)95-89(75)57-64)62-49-54-87-78(55-62)76-53-48-63(56-88(76)94-87)71-32-9-14-39-82(71)92(83-43-18-25-59-22-2-5-28-67(59)83)84-44-19-26-60-23-3-6-29-68(60)84/h1-57H. The molecule has 19 aromatic rings. The third-order valence-corrected chi connectivity index (χ3v) is 21.7. The van der Waals surface area contributed by atoms with Crippen molar-refractivity contribution in [3.8, 4) is 50.2 Å². The van der Waals surface area contributed by atoms with Crippen LogP contribution in [0.25, 0.3) is 145 Å². The van der Waals surface area contributed by atoms with Crippen LogP contribution in [0.5, 0.6) is 0 Å². The molecule has 5 heteroatoms. The van der Waals surface area contributed by atoms with Crippen LogP contribution in [0.3, 0.4) is 0 Å². The summed E-state index contributed by atoms with van der Waals surface area (Å²) < 4.78 is 7.54. The first-order chi connectivity index (χ1) is 47.1. The van der Waals surface area contributed by atoms with Crippen molar-refractivity contribution in [1.82, 2.24) is 4.57 Å². The molecular formula is C90H57N3S2. The molecule has 0 N–H and O–H groups in total. The highest BCUT2D eigenvalue weighted by molar-refractivity contribution is 7.26. The molecule has 444 valence electrons. The highest BCUT2D eigenvalue weighted by Gasteiger charge is 2.25.